The van der Waals surface area contributed by atoms with Gasteiger partial charge in [-0.25, -0.2) is 4.39 Å². The summed E-state index contributed by atoms with van der Waals surface area (Å²) in [6, 6.07) is 4.78. The molecule has 88 valence electrons. The largest absolute Gasteiger partial charge is 0.381 e. The molecule has 1 heterocycles. The number of ether oxygens (including phenoxy) is 1. The van der Waals surface area contributed by atoms with Crippen LogP contribution in [0.5, 0.6) is 0 Å². The van der Waals surface area contributed by atoms with E-state index in [4.69, 9.17) is 16.3 Å². The summed E-state index contributed by atoms with van der Waals surface area (Å²) < 4.78 is 19.0. The first-order valence-electron chi connectivity index (χ1n) is 5.37. The third-order valence-corrected chi connectivity index (χ3v) is 4.00. The lowest BCUT2D eigenvalue weighted by Gasteiger charge is -2.28. The zero-order valence-electron chi connectivity index (χ0n) is 8.83. The Morgan fingerprint density at radius 2 is 2.31 bits per heavy atom. The quantitative estimate of drug-likeness (QED) is 0.803. The van der Waals surface area contributed by atoms with Crippen molar-refractivity contribution in [1.82, 2.24) is 0 Å². The fraction of sp³-hybridized carbons (Fsp3) is 0.500. The Kier molecular flexibility index (Phi) is 4.11. The summed E-state index contributed by atoms with van der Waals surface area (Å²) >= 11 is 10.5. The van der Waals surface area contributed by atoms with Gasteiger partial charge in [0, 0.05) is 22.4 Å². The zero-order chi connectivity index (χ0) is 11.5. The van der Waals surface area contributed by atoms with Crippen molar-refractivity contribution in [3.05, 3.63) is 34.6 Å². The Hall–Kier alpha value is -0.250. The Balaban J connectivity index is 2.13. The second-order valence-corrected chi connectivity index (χ2v) is 5.17. The molecule has 1 nitrogen and oxygen atoms in total. The van der Waals surface area contributed by atoms with Crippen LogP contribution in [0.15, 0.2) is 18.2 Å². The summed E-state index contributed by atoms with van der Waals surface area (Å²) in [5.41, 5.74) is 0.582. The van der Waals surface area contributed by atoms with E-state index in [2.05, 4.69) is 12.6 Å². The highest BCUT2D eigenvalue weighted by atomic mass is 35.5. The van der Waals surface area contributed by atoms with Gasteiger partial charge in [0.25, 0.3) is 0 Å². The molecule has 1 saturated heterocycles. The first-order chi connectivity index (χ1) is 7.68. The van der Waals surface area contributed by atoms with Crippen molar-refractivity contribution in [2.24, 2.45) is 5.92 Å². The van der Waals surface area contributed by atoms with E-state index in [9.17, 15) is 4.39 Å². The normalized spacial score (nSPS) is 25.7. The van der Waals surface area contributed by atoms with Crippen molar-refractivity contribution in [3.8, 4) is 0 Å². The van der Waals surface area contributed by atoms with E-state index in [0.29, 0.717) is 23.6 Å². The van der Waals surface area contributed by atoms with E-state index >= 15 is 0 Å². The molecular weight excluding hydrogens is 247 g/mol. The maximum atomic E-state index is 13.6. The lowest BCUT2D eigenvalue weighted by Crippen LogP contribution is -2.30. The summed E-state index contributed by atoms with van der Waals surface area (Å²) in [5.74, 6) is 0.00471. The molecular formula is C12H14ClFOS. The highest BCUT2D eigenvalue weighted by Crippen LogP contribution is 2.28. The molecule has 0 amide bonds. The summed E-state index contributed by atoms with van der Waals surface area (Å²) in [4.78, 5) is 0. The van der Waals surface area contributed by atoms with E-state index in [0.717, 1.165) is 13.0 Å². The highest BCUT2D eigenvalue weighted by Gasteiger charge is 2.24. The first-order valence-corrected chi connectivity index (χ1v) is 6.26. The van der Waals surface area contributed by atoms with Gasteiger partial charge in [0.1, 0.15) is 5.82 Å². The van der Waals surface area contributed by atoms with Gasteiger partial charge in [-0.15, -0.1) is 0 Å². The van der Waals surface area contributed by atoms with Crippen LogP contribution >= 0.6 is 24.2 Å². The molecule has 0 radical (unpaired) electrons. The van der Waals surface area contributed by atoms with Gasteiger partial charge in [-0.3, -0.25) is 0 Å². The molecule has 1 aliphatic heterocycles. The van der Waals surface area contributed by atoms with E-state index in [1.807, 2.05) is 0 Å². The molecule has 0 spiro atoms. The number of rotatable bonds is 2. The Morgan fingerprint density at radius 1 is 1.50 bits per heavy atom. The smallest absolute Gasteiger partial charge is 0.127 e. The second kappa shape index (κ2) is 5.39. The predicted molar refractivity (Wildman–Crippen MR) is 66.8 cm³/mol. The molecule has 2 rings (SSSR count). The minimum Gasteiger partial charge on any atom is -0.381 e. The monoisotopic (exact) mass is 260 g/mol. The number of benzene rings is 1. The van der Waals surface area contributed by atoms with Crippen molar-refractivity contribution in [1.29, 1.82) is 0 Å². The standard InChI is InChI=1S/C12H14ClFOS/c13-10-2-1-3-11(14)9(10)6-8-7-15-5-4-12(8)16/h1-3,8,12,16H,4-7H2/t8-,12+/m1/s1. The Morgan fingerprint density at radius 3 is 3.00 bits per heavy atom. The fourth-order valence-electron chi connectivity index (χ4n) is 1.97. The van der Waals surface area contributed by atoms with Gasteiger partial charge >= 0.3 is 0 Å². The van der Waals surface area contributed by atoms with Crippen LogP contribution in [0, 0.1) is 11.7 Å². The van der Waals surface area contributed by atoms with Crippen LogP contribution in [0.1, 0.15) is 12.0 Å². The molecule has 1 aliphatic rings. The van der Waals surface area contributed by atoms with Crippen LogP contribution in [0.4, 0.5) is 4.39 Å². The number of thiol groups is 1. The molecule has 16 heavy (non-hydrogen) atoms. The van der Waals surface area contributed by atoms with Crippen molar-refractivity contribution < 1.29 is 9.13 Å². The van der Waals surface area contributed by atoms with Crippen LogP contribution in [0.3, 0.4) is 0 Å². The van der Waals surface area contributed by atoms with Gasteiger partial charge in [-0.1, -0.05) is 17.7 Å². The lowest BCUT2D eigenvalue weighted by molar-refractivity contribution is 0.0594. The molecule has 0 N–H and O–H groups in total. The molecule has 0 unspecified atom stereocenters. The minimum atomic E-state index is -0.237. The first kappa shape index (κ1) is 12.2. The van der Waals surface area contributed by atoms with Gasteiger partial charge in [-0.2, -0.15) is 12.6 Å². The predicted octanol–water partition coefficient (Wildman–Crippen LogP) is 3.36. The van der Waals surface area contributed by atoms with Crippen LogP contribution in [0.25, 0.3) is 0 Å². The van der Waals surface area contributed by atoms with E-state index < -0.39 is 0 Å². The molecule has 1 aromatic rings. The Bertz CT molecular complexity index is 352. The average molecular weight is 261 g/mol. The van der Waals surface area contributed by atoms with Crippen LogP contribution in [-0.2, 0) is 11.2 Å². The molecule has 4 heteroatoms. The van der Waals surface area contributed by atoms with Crippen molar-refractivity contribution in [3.63, 3.8) is 0 Å². The number of hydrogen-bond donors (Lipinski definition) is 1. The van der Waals surface area contributed by atoms with Gasteiger partial charge in [-0.05, 0) is 30.9 Å². The van der Waals surface area contributed by atoms with E-state index in [1.54, 1.807) is 12.1 Å². The summed E-state index contributed by atoms with van der Waals surface area (Å²) in [6.07, 6.45) is 1.51. The zero-order valence-corrected chi connectivity index (χ0v) is 10.5. The maximum Gasteiger partial charge on any atom is 0.127 e. The van der Waals surface area contributed by atoms with Crippen LogP contribution in [0.2, 0.25) is 5.02 Å². The topological polar surface area (TPSA) is 9.23 Å². The second-order valence-electron chi connectivity index (χ2n) is 4.10. The van der Waals surface area contributed by atoms with E-state index in [-0.39, 0.29) is 17.0 Å². The van der Waals surface area contributed by atoms with Gasteiger partial charge in [0.2, 0.25) is 0 Å². The van der Waals surface area contributed by atoms with E-state index in [1.165, 1.54) is 6.07 Å². The maximum absolute atomic E-state index is 13.6. The molecule has 2 atom stereocenters. The molecule has 0 saturated carbocycles. The molecule has 0 bridgehead atoms. The third kappa shape index (κ3) is 2.70. The van der Waals surface area contributed by atoms with Crippen molar-refractivity contribution in [2.45, 2.75) is 18.1 Å². The summed E-state index contributed by atoms with van der Waals surface area (Å²) in [7, 11) is 0. The lowest BCUT2D eigenvalue weighted by atomic mass is 9.93. The van der Waals surface area contributed by atoms with Crippen LogP contribution in [-0.4, -0.2) is 18.5 Å². The molecule has 0 aromatic heterocycles. The third-order valence-electron chi connectivity index (χ3n) is 2.96. The van der Waals surface area contributed by atoms with Gasteiger partial charge < -0.3 is 4.74 Å². The molecule has 1 fully saturated rings. The van der Waals surface area contributed by atoms with Crippen LogP contribution < -0.4 is 0 Å². The van der Waals surface area contributed by atoms with Crippen molar-refractivity contribution in [2.75, 3.05) is 13.2 Å². The molecule has 1 aromatic carbocycles. The number of hydrogen-bond acceptors (Lipinski definition) is 2. The summed E-state index contributed by atoms with van der Waals surface area (Å²) in [5, 5.41) is 0.760. The van der Waals surface area contributed by atoms with Crippen molar-refractivity contribution >= 4 is 24.2 Å². The Labute approximate surface area is 105 Å². The minimum absolute atomic E-state index is 0.237. The molecule has 0 aliphatic carbocycles. The fourth-order valence-corrected chi connectivity index (χ4v) is 2.51. The summed E-state index contributed by atoms with van der Waals surface area (Å²) in [6.45, 7) is 1.38. The average Bonchev–Trinajstić information content (AvgIpc) is 2.26. The SMILES string of the molecule is Fc1cccc(Cl)c1C[C@@H]1COCC[C@@H]1S. The van der Waals surface area contributed by atoms with Gasteiger partial charge in [0.05, 0.1) is 6.61 Å². The van der Waals surface area contributed by atoms with Gasteiger partial charge in [0.15, 0.2) is 0 Å². The number of halogens is 2. The highest BCUT2D eigenvalue weighted by molar-refractivity contribution is 7.81.